The van der Waals surface area contributed by atoms with E-state index in [0.717, 1.165) is 0 Å². The molecular formula is C44H80HfO12. The van der Waals surface area contributed by atoms with Gasteiger partial charge >= 0.3 is 0 Å². The van der Waals surface area contributed by atoms with Gasteiger partial charge in [-0.15, -0.1) is 0 Å². The van der Waals surface area contributed by atoms with E-state index in [9.17, 15) is 39.6 Å². The first-order valence-electron chi connectivity index (χ1n) is 18.5. The van der Waals surface area contributed by atoms with Crippen molar-refractivity contribution in [2.24, 2.45) is 21.7 Å². The molecule has 332 valence electrons. The molecule has 0 aromatic heterocycles. The minimum Gasteiger partial charge on any atom is -0.512 e. The summed E-state index contributed by atoms with van der Waals surface area (Å²) in [7, 11) is 5.89. The molecule has 12 nitrogen and oxygen atoms in total. The van der Waals surface area contributed by atoms with Crippen molar-refractivity contribution >= 4 is 23.1 Å². The standard InChI is InChI=1S/4C11H20O3.Hf/c4*1-10(2,3)8(12)7-9(13)11(4,5)14-6;/h4*7,12H,1-6H3;. The Morgan fingerprint density at radius 1 is 0.316 bits per heavy atom. The first-order valence-corrected chi connectivity index (χ1v) is 18.5. The van der Waals surface area contributed by atoms with Crippen molar-refractivity contribution in [3.8, 4) is 0 Å². The molecule has 0 rings (SSSR count). The summed E-state index contributed by atoms with van der Waals surface area (Å²) in [5.74, 6) is -0.611. The maximum absolute atomic E-state index is 11.6. The first kappa shape index (κ1) is 63.7. The molecule has 0 amide bonds. The van der Waals surface area contributed by atoms with Gasteiger partial charge in [0.1, 0.15) is 45.4 Å². The predicted octanol–water partition coefficient (Wildman–Crippen LogP) is 9.87. The third kappa shape index (κ3) is 26.3. The molecule has 0 aliphatic heterocycles. The Balaban J connectivity index is -0.000000210. The van der Waals surface area contributed by atoms with Crippen molar-refractivity contribution in [1.29, 1.82) is 0 Å². The third-order valence-electron chi connectivity index (χ3n) is 8.56. The van der Waals surface area contributed by atoms with Crippen molar-refractivity contribution < 1.29 is 84.4 Å². The van der Waals surface area contributed by atoms with Gasteiger partial charge in [-0.25, -0.2) is 0 Å². The molecule has 0 aromatic rings. The molecule has 0 heterocycles. The number of aliphatic hydroxyl groups excluding tert-OH is 4. The number of methoxy groups -OCH3 is 4. The summed E-state index contributed by atoms with van der Waals surface area (Å²) >= 11 is 0. The minimum atomic E-state index is -0.876. The molecule has 57 heavy (non-hydrogen) atoms. The number of allylic oxidation sites excluding steroid dienone is 4. The predicted molar refractivity (Wildman–Crippen MR) is 225 cm³/mol. The summed E-state index contributed by atoms with van der Waals surface area (Å²) in [4.78, 5) is 46.4. The van der Waals surface area contributed by atoms with Crippen LogP contribution >= 0.6 is 0 Å². The number of ketones is 4. The second-order valence-electron chi connectivity index (χ2n) is 19.4. The molecule has 4 N–H and O–H groups in total. The van der Waals surface area contributed by atoms with E-state index in [2.05, 4.69) is 0 Å². The summed E-state index contributed by atoms with van der Waals surface area (Å²) < 4.78 is 20.0. The Morgan fingerprint density at radius 3 is 0.491 bits per heavy atom. The molecule has 0 spiro atoms. The maximum Gasteiger partial charge on any atom is 0.190 e. The van der Waals surface area contributed by atoms with Crippen LogP contribution < -0.4 is 0 Å². The molecule has 0 aliphatic rings. The van der Waals surface area contributed by atoms with Crippen molar-refractivity contribution in [2.75, 3.05) is 28.4 Å². The van der Waals surface area contributed by atoms with Crippen molar-refractivity contribution in [2.45, 2.75) is 161 Å². The number of rotatable bonds is 12. The van der Waals surface area contributed by atoms with E-state index < -0.39 is 44.1 Å². The Kier molecular flexibility index (Phi) is 27.5. The van der Waals surface area contributed by atoms with E-state index in [1.165, 1.54) is 52.7 Å². The summed E-state index contributed by atoms with van der Waals surface area (Å²) in [6.07, 6.45) is 4.96. The van der Waals surface area contributed by atoms with Crippen LogP contribution in [-0.4, -0.2) is 94.4 Å². The van der Waals surface area contributed by atoms with Gasteiger partial charge in [0.25, 0.3) is 0 Å². The van der Waals surface area contributed by atoms with E-state index in [1.807, 2.05) is 83.1 Å². The van der Waals surface area contributed by atoms with Crippen LogP contribution in [0.15, 0.2) is 47.3 Å². The van der Waals surface area contributed by atoms with Crippen LogP contribution in [0.3, 0.4) is 0 Å². The average Bonchev–Trinajstić information content (AvgIpc) is 3.03. The second kappa shape index (κ2) is 24.6. The van der Waals surface area contributed by atoms with Gasteiger partial charge in [-0.2, -0.15) is 0 Å². The summed E-state index contributed by atoms with van der Waals surface area (Å²) in [6, 6.07) is 0. The quantitative estimate of drug-likeness (QED) is 0.0826. The van der Waals surface area contributed by atoms with Gasteiger partial charge in [0.2, 0.25) is 0 Å². The van der Waals surface area contributed by atoms with E-state index >= 15 is 0 Å². The van der Waals surface area contributed by atoms with Gasteiger partial charge in [-0.05, 0) is 55.4 Å². The fourth-order valence-electron chi connectivity index (χ4n) is 2.46. The molecule has 0 radical (unpaired) electrons. The largest absolute Gasteiger partial charge is 0.512 e. The molecule has 0 unspecified atom stereocenters. The maximum atomic E-state index is 11.6. The fourth-order valence-corrected chi connectivity index (χ4v) is 2.46. The monoisotopic (exact) mass is 981 g/mol. The normalized spacial score (nSPS) is 14.0. The van der Waals surface area contributed by atoms with E-state index in [4.69, 9.17) is 18.9 Å². The van der Waals surface area contributed by atoms with Crippen LogP contribution in [0.2, 0.25) is 0 Å². The topological polar surface area (TPSA) is 186 Å². The Morgan fingerprint density at radius 2 is 0.421 bits per heavy atom. The number of carbonyl (C=O) groups excluding carboxylic acids is 4. The number of aliphatic hydroxyl groups is 4. The summed E-state index contributed by atoms with van der Waals surface area (Å²) in [5.41, 5.74) is -5.12. The van der Waals surface area contributed by atoms with Crippen LogP contribution in [0.25, 0.3) is 0 Å². The van der Waals surface area contributed by atoms with Crippen LogP contribution in [0, 0.1) is 21.7 Å². The zero-order valence-electron chi connectivity index (χ0n) is 39.9. The van der Waals surface area contributed by atoms with Crippen LogP contribution in [0.4, 0.5) is 0 Å². The average molecular weight is 980 g/mol. The minimum absolute atomic E-state index is 0. The van der Waals surface area contributed by atoms with E-state index in [0.29, 0.717) is 0 Å². The Labute approximate surface area is 364 Å². The van der Waals surface area contributed by atoms with Gasteiger partial charge in [0, 0.05) is 100 Å². The second-order valence-corrected chi connectivity index (χ2v) is 19.4. The van der Waals surface area contributed by atoms with E-state index in [1.54, 1.807) is 55.4 Å². The van der Waals surface area contributed by atoms with E-state index in [-0.39, 0.29) is 72.0 Å². The molecule has 0 bridgehead atoms. The number of ether oxygens (including phenoxy) is 4. The number of hydrogen-bond donors (Lipinski definition) is 4. The van der Waals surface area contributed by atoms with Crippen molar-refractivity contribution in [1.82, 2.24) is 0 Å². The zero-order chi connectivity index (χ0) is 46.3. The van der Waals surface area contributed by atoms with Crippen LogP contribution in [-0.2, 0) is 64.0 Å². The zero-order valence-corrected chi connectivity index (χ0v) is 43.5. The molecule has 0 aromatic carbocycles. The summed E-state index contributed by atoms with van der Waals surface area (Å²) in [5, 5.41) is 38.4. The number of hydrogen-bond acceptors (Lipinski definition) is 12. The van der Waals surface area contributed by atoms with Crippen molar-refractivity contribution in [3.05, 3.63) is 47.3 Å². The fraction of sp³-hybridized carbons (Fsp3) is 0.727. The molecule has 13 heteroatoms. The smallest absolute Gasteiger partial charge is 0.190 e. The molecular weight excluding hydrogens is 899 g/mol. The Bertz CT molecular complexity index is 1200. The first-order chi connectivity index (χ1) is 24.4. The van der Waals surface area contributed by atoms with Crippen LogP contribution in [0.1, 0.15) is 138 Å². The molecule has 0 aliphatic carbocycles. The molecule has 0 saturated carbocycles. The van der Waals surface area contributed by atoms with Gasteiger partial charge in [0.05, 0.1) is 0 Å². The third-order valence-corrected chi connectivity index (χ3v) is 8.56. The van der Waals surface area contributed by atoms with Crippen LogP contribution in [0.5, 0.6) is 0 Å². The molecule has 0 atom stereocenters. The molecule has 0 saturated heterocycles. The molecule has 0 fully saturated rings. The Hall–Kier alpha value is -2.45. The number of carbonyl (C=O) groups is 4. The SMILES string of the molecule is COC(C)(C)C(=O)C=C(O)C(C)(C)C.COC(C)(C)C(=O)C=C(O)C(C)(C)C.COC(C)(C)C(=O)C=C(O)C(C)(C)C.COC(C)(C)C(=O)C=C(O)C(C)(C)C.[Hf]. The van der Waals surface area contributed by atoms with Gasteiger partial charge in [-0.1, -0.05) is 83.1 Å². The van der Waals surface area contributed by atoms with Gasteiger partial charge < -0.3 is 39.4 Å². The van der Waals surface area contributed by atoms with Gasteiger partial charge in [-0.3, -0.25) is 19.2 Å². The van der Waals surface area contributed by atoms with Gasteiger partial charge in [0.15, 0.2) is 23.1 Å². The van der Waals surface area contributed by atoms with Crippen molar-refractivity contribution in [3.63, 3.8) is 0 Å². The summed E-state index contributed by atoms with van der Waals surface area (Å²) in [6.45, 7) is 35.4.